The summed E-state index contributed by atoms with van der Waals surface area (Å²) in [7, 11) is -10.6. The van der Waals surface area contributed by atoms with Crippen molar-refractivity contribution in [3.05, 3.63) is 41.5 Å². The van der Waals surface area contributed by atoms with Crippen molar-refractivity contribution >= 4 is 26.3 Å². The Hall–Kier alpha value is -1.30. The normalized spacial score (nSPS) is 30.0. The standard InChI is InChI=1S/C10H11NO7S2/c11-10(20(16,17)18)8-4-2-1-3-7(8)5-6-9(10,12)19(13,14)15/h1-6,12H,11H2,(H,13,14,15)(H,16,17,18). The largest absolute Gasteiger partial charge is 0.367 e. The first-order valence-corrected chi connectivity index (χ1v) is 8.07. The van der Waals surface area contributed by atoms with E-state index in [0.29, 0.717) is 6.08 Å². The zero-order valence-corrected chi connectivity index (χ0v) is 11.5. The monoisotopic (exact) mass is 321 g/mol. The van der Waals surface area contributed by atoms with Crippen LogP contribution in [0.5, 0.6) is 0 Å². The molecule has 2 unspecified atom stereocenters. The first-order valence-electron chi connectivity index (χ1n) is 5.19. The number of fused-ring (bicyclic) bond motifs is 1. The van der Waals surface area contributed by atoms with Gasteiger partial charge in [-0.05, 0) is 11.6 Å². The van der Waals surface area contributed by atoms with E-state index < -0.39 is 30.0 Å². The third-order valence-electron chi connectivity index (χ3n) is 3.18. The van der Waals surface area contributed by atoms with Crippen LogP contribution in [0.4, 0.5) is 0 Å². The maximum absolute atomic E-state index is 11.6. The van der Waals surface area contributed by atoms with E-state index in [1.165, 1.54) is 18.2 Å². The quantitative estimate of drug-likeness (QED) is 0.521. The van der Waals surface area contributed by atoms with E-state index in [1.807, 2.05) is 0 Å². The lowest BCUT2D eigenvalue weighted by Gasteiger charge is -2.40. The summed E-state index contributed by atoms with van der Waals surface area (Å²) in [6.07, 6.45) is 1.60. The number of hydrogen-bond acceptors (Lipinski definition) is 6. The fourth-order valence-electron chi connectivity index (χ4n) is 2.10. The molecule has 0 amide bonds. The Bertz CT molecular complexity index is 799. The molecule has 0 aromatic heterocycles. The molecule has 20 heavy (non-hydrogen) atoms. The maximum Gasteiger partial charge on any atom is 0.302 e. The van der Waals surface area contributed by atoms with Crippen LogP contribution in [-0.4, -0.2) is 36.0 Å². The second-order valence-electron chi connectivity index (χ2n) is 4.30. The maximum atomic E-state index is 11.6. The van der Waals surface area contributed by atoms with Crippen molar-refractivity contribution in [3.8, 4) is 0 Å². The smallest absolute Gasteiger partial charge is 0.302 e. The summed E-state index contributed by atoms with van der Waals surface area (Å²) in [5.41, 5.74) is 5.36. The van der Waals surface area contributed by atoms with Crippen molar-refractivity contribution < 1.29 is 31.0 Å². The highest BCUT2D eigenvalue weighted by molar-refractivity contribution is 7.91. The molecule has 0 saturated carbocycles. The molecule has 0 saturated heterocycles. The van der Waals surface area contributed by atoms with Gasteiger partial charge in [0.25, 0.3) is 10.1 Å². The Morgan fingerprint density at radius 3 is 2.05 bits per heavy atom. The Kier molecular flexibility index (Phi) is 3.09. The zero-order chi connectivity index (χ0) is 15.4. The fraction of sp³-hybridized carbons (Fsp3) is 0.200. The molecule has 0 aliphatic heterocycles. The van der Waals surface area contributed by atoms with Crippen molar-refractivity contribution in [1.29, 1.82) is 0 Å². The number of hydrogen-bond donors (Lipinski definition) is 4. The van der Waals surface area contributed by atoms with Crippen LogP contribution in [0.2, 0.25) is 0 Å². The molecule has 8 nitrogen and oxygen atoms in total. The molecular weight excluding hydrogens is 310 g/mol. The third kappa shape index (κ3) is 1.74. The summed E-state index contributed by atoms with van der Waals surface area (Å²) in [6.45, 7) is 0. The molecule has 0 fully saturated rings. The van der Waals surface area contributed by atoms with E-state index in [1.54, 1.807) is 0 Å². The van der Waals surface area contributed by atoms with Crippen molar-refractivity contribution in [1.82, 2.24) is 0 Å². The van der Waals surface area contributed by atoms with Gasteiger partial charge in [0, 0.05) is 5.56 Å². The van der Waals surface area contributed by atoms with Gasteiger partial charge in [0.2, 0.25) is 9.80 Å². The average Bonchev–Trinajstić information content (AvgIpc) is 2.31. The van der Waals surface area contributed by atoms with E-state index in [2.05, 4.69) is 0 Å². The second kappa shape index (κ2) is 4.10. The van der Waals surface area contributed by atoms with E-state index >= 15 is 0 Å². The van der Waals surface area contributed by atoms with Crippen LogP contribution >= 0.6 is 0 Å². The first-order chi connectivity index (χ1) is 8.95. The molecule has 1 aromatic rings. The third-order valence-corrected chi connectivity index (χ3v) is 5.90. The minimum Gasteiger partial charge on any atom is -0.367 e. The van der Waals surface area contributed by atoms with Crippen LogP contribution in [0, 0.1) is 0 Å². The van der Waals surface area contributed by atoms with E-state index in [4.69, 9.17) is 10.3 Å². The lowest BCUT2D eigenvalue weighted by molar-refractivity contribution is 0.106. The molecule has 0 heterocycles. The molecule has 1 aromatic carbocycles. The molecule has 1 aliphatic carbocycles. The predicted octanol–water partition coefficient (Wildman–Crippen LogP) is -0.711. The Morgan fingerprint density at radius 2 is 1.55 bits per heavy atom. The van der Waals surface area contributed by atoms with Gasteiger partial charge in [0.05, 0.1) is 0 Å². The molecule has 0 spiro atoms. The van der Waals surface area contributed by atoms with Gasteiger partial charge in [-0.15, -0.1) is 0 Å². The van der Waals surface area contributed by atoms with Crippen molar-refractivity contribution in [2.45, 2.75) is 9.80 Å². The van der Waals surface area contributed by atoms with Crippen LogP contribution < -0.4 is 5.73 Å². The molecule has 5 N–H and O–H groups in total. The topological polar surface area (TPSA) is 155 Å². The minimum atomic E-state index is -5.35. The van der Waals surface area contributed by atoms with Gasteiger partial charge in [0.15, 0.2) is 0 Å². The van der Waals surface area contributed by atoms with E-state index in [0.717, 1.165) is 12.1 Å². The summed E-state index contributed by atoms with van der Waals surface area (Å²) < 4.78 is 64.4. The fourth-order valence-corrected chi connectivity index (χ4v) is 4.37. The van der Waals surface area contributed by atoms with Crippen LogP contribution in [0.15, 0.2) is 30.3 Å². The van der Waals surface area contributed by atoms with Gasteiger partial charge in [-0.3, -0.25) is 9.11 Å². The number of benzene rings is 1. The molecule has 2 atom stereocenters. The lowest BCUT2D eigenvalue weighted by atomic mass is 9.90. The highest BCUT2D eigenvalue weighted by atomic mass is 32.2. The summed E-state index contributed by atoms with van der Waals surface area (Å²) in [4.78, 5) is -6.57. The van der Waals surface area contributed by atoms with Crippen LogP contribution in [0.1, 0.15) is 11.1 Å². The Morgan fingerprint density at radius 1 is 1.00 bits per heavy atom. The van der Waals surface area contributed by atoms with Crippen LogP contribution in [-0.2, 0) is 25.1 Å². The van der Waals surface area contributed by atoms with E-state index in [-0.39, 0.29) is 11.1 Å². The van der Waals surface area contributed by atoms with Gasteiger partial charge < -0.3 is 10.8 Å². The Labute approximate surface area is 115 Å². The van der Waals surface area contributed by atoms with Crippen molar-refractivity contribution in [2.75, 3.05) is 0 Å². The average molecular weight is 321 g/mol. The number of nitrogens with two attached hydrogens (primary N) is 1. The molecule has 0 radical (unpaired) electrons. The van der Waals surface area contributed by atoms with Crippen LogP contribution in [0.25, 0.3) is 6.08 Å². The predicted molar refractivity (Wildman–Crippen MR) is 69.4 cm³/mol. The summed E-state index contributed by atoms with van der Waals surface area (Å²) in [5.74, 6) is 0. The van der Waals surface area contributed by atoms with Gasteiger partial charge in [0.1, 0.15) is 0 Å². The molecular formula is C10H11NO7S2. The summed E-state index contributed by atoms with van der Waals surface area (Å²) in [6, 6.07) is 5.39. The SMILES string of the molecule is NC1(S(=O)(=O)O)c2ccccc2C=CC1(O)S(=O)(=O)O. The van der Waals surface area contributed by atoms with Crippen molar-refractivity contribution in [3.63, 3.8) is 0 Å². The highest BCUT2D eigenvalue weighted by Crippen LogP contribution is 2.44. The molecule has 2 rings (SSSR count). The van der Waals surface area contributed by atoms with Crippen molar-refractivity contribution in [2.24, 2.45) is 5.73 Å². The van der Waals surface area contributed by atoms with Gasteiger partial charge in [-0.25, -0.2) is 0 Å². The molecule has 110 valence electrons. The zero-order valence-electron chi connectivity index (χ0n) is 9.83. The summed E-state index contributed by atoms with van der Waals surface area (Å²) >= 11 is 0. The summed E-state index contributed by atoms with van der Waals surface area (Å²) in [5, 5.41) is 10.1. The minimum absolute atomic E-state index is 0.181. The lowest BCUT2D eigenvalue weighted by Crippen LogP contribution is -2.66. The highest BCUT2D eigenvalue weighted by Gasteiger charge is 2.65. The van der Waals surface area contributed by atoms with Gasteiger partial charge in [-0.2, -0.15) is 16.8 Å². The molecule has 0 bridgehead atoms. The van der Waals surface area contributed by atoms with Gasteiger partial charge in [-0.1, -0.05) is 30.3 Å². The van der Waals surface area contributed by atoms with E-state index in [9.17, 15) is 26.5 Å². The Balaban J connectivity index is 2.98. The van der Waals surface area contributed by atoms with Crippen LogP contribution in [0.3, 0.4) is 0 Å². The molecule has 1 aliphatic rings. The van der Waals surface area contributed by atoms with Gasteiger partial charge >= 0.3 is 10.1 Å². The number of aliphatic hydroxyl groups is 1. The first kappa shape index (κ1) is 15.1. The number of rotatable bonds is 2. The molecule has 10 heteroatoms. The second-order valence-corrected chi connectivity index (χ2v) is 7.47.